The van der Waals surface area contributed by atoms with Crippen LogP contribution in [0, 0.1) is 11.6 Å². The molecule has 0 saturated carbocycles. The molecule has 98 valence electrons. The maximum absolute atomic E-state index is 13.4. The minimum atomic E-state index is -1.47. The minimum Gasteiger partial charge on any atom is -0.481 e. The Bertz CT molecular complexity index is 478. The number of carboxylic acid groups (broad SMARTS) is 2. The molecule has 0 radical (unpaired) electrons. The summed E-state index contributed by atoms with van der Waals surface area (Å²) in [4.78, 5) is 22.4. The highest BCUT2D eigenvalue weighted by Gasteiger charge is 2.27. The summed E-state index contributed by atoms with van der Waals surface area (Å²) in [5.41, 5.74) is -0.302. The lowest BCUT2D eigenvalue weighted by molar-refractivity contribution is -0.145. The Morgan fingerprint density at radius 1 is 1.33 bits per heavy atom. The van der Waals surface area contributed by atoms with E-state index in [1.807, 2.05) is 0 Å². The molecule has 5 nitrogen and oxygen atoms in total. The molecule has 1 unspecified atom stereocenters. The Kier molecular flexibility index (Phi) is 4.19. The van der Waals surface area contributed by atoms with Gasteiger partial charge in [-0.1, -0.05) is 0 Å². The molecule has 0 saturated heterocycles. The molecule has 1 aromatic carbocycles. The van der Waals surface area contributed by atoms with Gasteiger partial charge in [0, 0.05) is 13.1 Å². The minimum absolute atomic E-state index is 0.302. The number of halogens is 2. The molecule has 0 aliphatic rings. The molecule has 0 bridgehead atoms. The van der Waals surface area contributed by atoms with Crippen LogP contribution >= 0.6 is 0 Å². The van der Waals surface area contributed by atoms with E-state index in [2.05, 4.69) is 0 Å². The van der Waals surface area contributed by atoms with Crippen molar-refractivity contribution in [2.24, 2.45) is 0 Å². The van der Waals surface area contributed by atoms with E-state index >= 15 is 0 Å². The second-order valence-corrected chi connectivity index (χ2v) is 3.66. The first kappa shape index (κ1) is 13.9. The lowest BCUT2D eigenvalue weighted by atomic mass is 10.1. The average Bonchev–Trinajstić information content (AvgIpc) is 2.27. The van der Waals surface area contributed by atoms with Crippen LogP contribution in [-0.2, 0) is 9.59 Å². The van der Waals surface area contributed by atoms with Crippen molar-refractivity contribution in [2.45, 2.75) is 12.5 Å². The third-order valence-corrected chi connectivity index (χ3v) is 2.41. The van der Waals surface area contributed by atoms with Crippen molar-refractivity contribution in [1.29, 1.82) is 0 Å². The summed E-state index contributed by atoms with van der Waals surface area (Å²) in [5.74, 6) is -4.33. The van der Waals surface area contributed by atoms with E-state index in [4.69, 9.17) is 10.2 Å². The molecule has 0 amide bonds. The second-order valence-electron chi connectivity index (χ2n) is 3.66. The van der Waals surface area contributed by atoms with Crippen molar-refractivity contribution in [3.8, 4) is 0 Å². The first-order chi connectivity index (χ1) is 8.32. The Morgan fingerprint density at radius 2 is 1.94 bits per heavy atom. The van der Waals surface area contributed by atoms with Gasteiger partial charge in [-0.3, -0.25) is 4.79 Å². The number of carbonyl (C=O) groups is 2. The fourth-order valence-corrected chi connectivity index (χ4v) is 1.48. The molecule has 2 N–H and O–H groups in total. The zero-order chi connectivity index (χ0) is 13.9. The van der Waals surface area contributed by atoms with Gasteiger partial charge in [-0.25, -0.2) is 13.6 Å². The fourth-order valence-electron chi connectivity index (χ4n) is 1.48. The number of rotatable bonds is 5. The number of hydrogen-bond acceptors (Lipinski definition) is 3. The fraction of sp³-hybridized carbons (Fsp3) is 0.273. The monoisotopic (exact) mass is 259 g/mol. The summed E-state index contributed by atoms with van der Waals surface area (Å²) in [6.45, 7) is 0. The van der Waals surface area contributed by atoms with Gasteiger partial charge in [-0.15, -0.1) is 0 Å². The van der Waals surface area contributed by atoms with Crippen LogP contribution in [0.15, 0.2) is 18.2 Å². The van der Waals surface area contributed by atoms with Crippen LogP contribution in [0.4, 0.5) is 14.5 Å². The molecule has 0 aliphatic carbocycles. The van der Waals surface area contributed by atoms with Crippen molar-refractivity contribution in [3.63, 3.8) is 0 Å². The van der Waals surface area contributed by atoms with Crippen LogP contribution < -0.4 is 4.90 Å². The zero-order valence-electron chi connectivity index (χ0n) is 9.43. The van der Waals surface area contributed by atoms with Gasteiger partial charge in [0.25, 0.3) is 0 Å². The number of anilines is 1. The van der Waals surface area contributed by atoms with Gasteiger partial charge >= 0.3 is 11.9 Å². The van der Waals surface area contributed by atoms with Gasteiger partial charge in [-0.2, -0.15) is 0 Å². The standard InChI is InChI=1S/C11H11F2NO4/c1-14(9(11(17)18)5-10(15)16)8-4-6(12)2-3-7(8)13/h2-4,9H,5H2,1H3,(H,15,16)(H,17,18). The molecule has 7 heteroatoms. The predicted octanol–water partition coefficient (Wildman–Crippen LogP) is 1.33. The lowest BCUT2D eigenvalue weighted by Gasteiger charge is -2.25. The highest BCUT2D eigenvalue weighted by Crippen LogP contribution is 2.22. The summed E-state index contributed by atoms with van der Waals surface area (Å²) >= 11 is 0. The Hall–Kier alpha value is -2.18. The van der Waals surface area contributed by atoms with Crippen molar-refractivity contribution in [1.82, 2.24) is 0 Å². The third kappa shape index (κ3) is 3.16. The number of hydrogen-bond donors (Lipinski definition) is 2. The third-order valence-electron chi connectivity index (χ3n) is 2.41. The van der Waals surface area contributed by atoms with E-state index in [0.717, 1.165) is 23.1 Å². The van der Waals surface area contributed by atoms with Gasteiger partial charge in [-0.05, 0) is 12.1 Å². The van der Waals surface area contributed by atoms with Crippen LogP contribution in [0.2, 0.25) is 0 Å². The first-order valence-electron chi connectivity index (χ1n) is 4.95. The Balaban J connectivity index is 3.08. The molecule has 0 spiro atoms. The predicted molar refractivity (Wildman–Crippen MR) is 58.4 cm³/mol. The van der Waals surface area contributed by atoms with Crippen LogP contribution in [0.3, 0.4) is 0 Å². The summed E-state index contributed by atoms with van der Waals surface area (Å²) in [5, 5.41) is 17.5. The molecular formula is C11H11F2NO4. The van der Waals surface area contributed by atoms with Crippen LogP contribution in [0.5, 0.6) is 0 Å². The summed E-state index contributed by atoms with van der Waals surface area (Å²) in [7, 11) is 1.19. The van der Waals surface area contributed by atoms with Crippen molar-refractivity contribution in [3.05, 3.63) is 29.8 Å². The lowest BCUT2D eigenvalue weighted by Crippen LogP contribution is -2.40. The van der Waals surface area contributed by atoms with E-state index in [1.165, 1.54) is 7.05 Å². The van der Waals surface area contributed by atoms with E-state index in [1.54, 1.807) is 0 Å². The maximum atomic E-state index is 13.4. The highest BCUT2D eigenvalue weighted by molar-refractivity contribution is 5.84. The van der Waals surface area contributed by atoms with Crippen LogP contribution in [-0.4, -0.2) is 35.2 Å². The molecule has 0 heterocycles. The molecule has 1 rings (SSSR count). The van der Waals surface area contributed by atoms with E-state index < -0.39 is 36.0 Å². The molecule has 1 atom stereocenters. The molecule has 0 fully saturated rings. The summed E-state index contributed by atoms with van der Waals surface area (Å²) < 4.78 is 26.4. The number of carboxylic acids is 2. The second kappa shape index (κ2) is 5.44. The van der Waals surface area contributed by atoms with Gasteiger partial charge in [0.15, 0.2) is 0 Å². The topological polar surface area (TPSA) is 77.8 Å². The molecular weight excluding hydrogens is 248 g/mol. The molecule has 1 aromatic rings. The van der Waals surface area contributed by atoms with Crippen molar-refractivity contribution >= 4 is 17.6 Å². The molecule has 0 aromatic heterocycles. The normalized spacial score (nSPS) is 11.9. The van der Waals surface area contributed by atoms with Crippen molar-refractivity contribution < 1.29 is 28.6 Å². The molecule has 0 aliphatic heterocycles. The smallest absolute Gasteiger partial charge is 0.326 e. The van der Waals surface area contributed by atoms with Gasteiger partial charge in [0.2, 0.25) is 0 Å². The number of nitrogens with zero attached hydrogens (tertiary/aromatic N) is 1. The number of aliphatic carboxylic acids is 2. The summed E-state index contributed by atoms with van der Waals surface area (Å²) in [6, 6.07) is 1.08. The van der Waals surface area contributed by atoms with E-state index in [0.29, 0.717) is 0 Å². The highest BCUT2D eigenvalue weighted by atomic mass is 19.1. The number of likely N-dealkylation sites (N-methyl/N-ethyl adjacent to an activating group) is 1. The largest absolute Gasteiger partial charge is 0.481 e. The van der Waals surface area contributed by atoms with E-state index in [9.17, 15) is 18.4 Å². The van der Waals surface area contributed by atoms with Gasteiger partial charge < -0.3 is 15.1 Å². The first-order valence-corrected chi connectivity index (χ1v) is 4.95. The Morgan fingerprint density at radius 3 is 2.44 bits per heavy atom. The quantitative estimate of drug-likeness (QED) is 0.834. The maximum Gasteiger partial charge on any atom is 0.326 e. The molecule has 18 heavy (non-hydrogen) atoms. The summed E-state index contributed by atoms with van der Waals surface area (Å²) in [6.07, 6.45) is -0.720. The SMILES string of the molecule is CN(c1cc(F)ccc1F)C(CC(=O)O)C(=O)O. The van der Waals surface area contributed by atoms with E-state index in [-0.39, 0.29) is 5.69 Å². The zero-order valence-corrected chi connectivity index (χ0v) is 9.43. The average molecular weight is 259 g/mol. The van der Waals surface area contributed by atoms with Crippen LogP contribution in [0.1, 0.15) is 6.42 Å². The van der Waals surface area contributed by atoms with Crippen molar-refractivity contribution in [2.75, 3.05) is 11.9 Å². The number of benzene rings is 1. The Labute approximate surface area is 101 Å². The van der Waals surface area contributed by atoms with Gasteiger partial charge in [0.1, 0.15) is 17.7 Å². The van der Waals surface area contributed by atoms with Crippen LogP contribution in [0.25, 0.3) is 0 Å². The van der Waals surface area contributed by atoms with Gasteiger partial charge in [0.05, 0.1) is 12.1 Å².